The fraction of sp³-hybridized carbons (Fsp3) is 0.111. The second kappa shape index (κ2) is 4.30. The zero-order chi connectivity index (χ0) is 7.52. The first kappa shape index (κ1) is 9.31. The molecule has 0 aliphatic carbocycles. The molecule has 0 radical (unpaired) electrons. The van der Waals surface area contributed by atoms with Gasteiger partial charge in [-0.2, -0.15) is 0 Å². The van der Waals surface area contributed by atoms with Gasteiger partial charge in [-0.05, 0) is 0 Å². The van der Waals surface area contributed by atoms with E-state index in [2.05, 4.69) is 9.98 Å². The monoisotopic (exact) mass is 250 g/mol. The van der Waals surface area contributed by atoms with Crippen LogP contribution in [0.4, 0.5) is 0 Å². The van der Waals surface area contributed by atoms with Gasteiger partial charge in [0, 0.05) is 32.2 Å². The SMILES string of the molecule is C1=NC(c2ccccc2)=NC1.[Pd]. The maximum atomic E-state index is 4.20. The molecule has 12 heavy (non-hydrogen) atoms. The van der Waals surface area contributed by atoms with E-state index in [4.69, 9.17) is 0 Å². The van der Waals surface area contributed by atoms with E-state index < -0.39 is 0 Å². The Labute approximate surface area is 85.1 Å². The fourth-order valence-electron chi connectivity index (χ4n) is 1.05. The fourth-order valence-corrected chi connectivity index (χ4v) is 1.05. The van der Waals surface area contributed by atoms with E-state index in [0.29, 0.717) is 0 Å². The van der Waals surface area contributed by atoms with Gasteiger partial charge in [0.2, 0.25) is 0 Å². The van der Waals surface area contributed by atoms with Crippen LogP contribution in [-0.2, 0) is 20.4 Å². The van der Waals surface area contributed by atoms with Crippen LogP contribution in [0.5, 0.6) is 0 Å². The Bertz CT molecular complexity index is 304. The van der Waals surface area contributed by atoms with Gasteiger partial charge < -0.3 is 0 Å². The first-order chi connectivity index (χ1) is 5.47. The molecule has 1 aliphatic rings. The summed E-state index contributed by atoms with van der Waals surface area (Å²) in [5, 5.41) is 0. The van der Waals surface area contributed by atoms with Crippen molar-refractivity contribution in [1.29, 1.82) is 0 Å². The van der Waals surface area contributed by atoms with Crippen LogP contribution in [0.25, 0.3) is 0 Å². The number of nitrogens with zero attached hydrogens (tertiary/aromatic N) is 2. The van der Waals surface area contributed by atoms with E-state index in [1.807, 2.05) is 36.5 Å². The van der Waals surface area contributed by atoms with Crippen molar-refractivity contribution in [1.82, 2.24) is 0 Å². The van der Waals surface area contributed by atoms with Crippen molar-refractivity contribution in [2.24, 2.45) is 9.98 Å². The van der Waals surface area contributed by atoms with Gasteiger partial charge in [-0.15, -0.1) is 0 Å². The Balaban J connectivity index is 0.000000720. The molecule has 0 saturated carbocycles. The third-order valence-electron chi connectivity index (χ3n) is 1.57. The smallest absolute Gasteiger partial charge is 0.154 e. The molecule has 0 atom stereocenters. The van der Waals surface area contributed by atoms with Crippen LogP contribution < -0.4 is 0 Å². The van der Waals surface area contributed by atoms with Gasteiger partial charge in [0.15, 0.2) is 5.84 Å². The summed E-state index contributed by atoms with van der Waals surface area (Å²) in [4.78, 5) is 8.33. The first-order valence-electron chi connectivity index (χ1n) is 3.59. The van der Waals surface area contributed by atoms with Gasteiger partial charge in [-0.1, -0.05) is 30.3 Å². The Kier molecular flexibility index (Phi) is 3.34. The normalized spacial score (nSPS) is 13.8. The molecule has 0 saturated heterocycles. The minimum atomic E-state index is 0. The van der Waals surface area contributed by atoms with E-state index in [0.717, 1.165) is 17.9 Å². The van der Waals surface area contributed by atoms with Crippen molar-refractivity contribution in [2.45, 2.75) is 0 Å². The van der Waals surface area contributed by atoms with Crippen molar-refractivity contribution >= 4 is 12.1 Å². The second-order valence-corrected chi connectivity index (χ2v) is 2.34. The summed E-state index contributed by atoms with van der Waals surface area (Å²) in [5.74, 6) is 0.852. The van der Waals surface area contributed by atoms with Crippen molar-refractivity contribution in [3.05, 3.63) is 35.9 Å². The molecule has 1 aromatic carbocycles. The maximum absolute atomic E-state index is 4.20. The van der Waals surface area contributed by atoms with Gasteiger partial charge >= 0.3 is 0 Å². The number of hydrogen-bond acceptors (Lipinski definition) is 2. The van der Waals surface area contributed by atoms with Crippen LogP contribution in [0, 0.1) is 0 Å². The van der Waals surface area contributed by atoms with E-state index >= 15 is 0 Å². The van der Waals surface area contributed by atoms with Crippen LogP contribution in [0.1, 0.15) is 5.56 Å². The standard InChI is InChI=1S/C9H8N2.Pd/c1-2-4-8(5-3-1)9-10-6-7-11-9;/h1-6H,7H2;. The molecule has 3 heteroatoms. The largest absolute Gasteiger partial charge is 0.260 e. The van der Waals surface area contributed by atoms with Gasteiger partial charge in [0.05, 0.1) is 6.54 Å². The van der Waals surface area contributed by atoms with Gasteiger partial charge in [-0.3, -0.25) is 4.99 Å². The molecular formula is C9H8N2Pd. The molecule has 2 rings (SSSR count). The van der Waals surface area contributed by atoms with Crippen molar-refractivity contribution < 1.29 is 20.4 Å². The molecule has 1 aliphatic heterocycles. The van der Waals surface area contributed by atoms with Crippen LogP contribution in [0.15, 0.2) is 40.3 Å². The number of rotatable bonds is 1. The summed E-state index contributed by atoms with van der Waals surface area (Å²) in [6.45, 7) is 0.726. The molecule has 0 spiro atoms. The number of hydrogen-bond donors (Lipinski definition) is 0. The Hall–Kier alpha value is -0.778. The predicted octanol–water partition coefficient (Wildman–Crippen LogP) is 1.52. The van der Waals surface area contributed by atoms with E-state index in [1.165, 1.54) is 0 Å². The first-order valence-corrected chi connectivity index (χ1v) is 3.59. The molecule has 2 nitrogen and oxygen atoms in total. The van der Waals surface area contributed by atoms with Crippen LogP contribution in [0.2, 0.25) is 0 Å². The Morgan fingerprint density at radius 1 is 1.08 bits per heavy atom. The van der Waals surface area contributed by atoms with Crippen molar-refractivity contribution in [2.75, 3.05) is 6.54 Å². The van der Waals surface area contributed by atoms with Crippen LogP contribution >= 0.6 is 0 Å². The third kappa shape index (κ3) is 1.88. The number of benzene rings is 1. The van der Waals surface area contributed by atoms with Gasteiger partial charge in [0.25, 0.3) is 0 Å². The summed E-state index contributed by atoms with van der Waals surface area (Å²) < 4.78 is 0. The third-order valence-corrected chi connectivity index (χ3v) is 1.57. The second-order valence-electron chi connectivity index (χ2n) is 2.34. The Morgan fingerprint density at radius 2 is 1.83 bits per heavy atom. The van der Waals surface area contributed by atoms with Gasteiger partial charge in [-0.25, -0.2) is 4.99 Å². The zero-order valence-corrected chi connectivity index (χ0v) is 7.94. The maximum Gasteiger partial charge on any atom is 0.154 e. The summed E-state index contributed by atoms with van der Waals surface area (Å²) >= 11 is 0. The van der Waals surface area contributed by atoms with Crippen LogP contribution in [0.3, 0.4) is 0 Å². The molecule has 0 N–H and O–H groups in total. The molecular weight excluding hydrogens is 243 g/mol. The summed E-state index contributed by atoms with van der Waals surface area (Å²) in [6.07, 6.45) is 1.82. The Morgan fingerprint density at radius 3 is 2.42 bits per heavy atom. The molecule has 1 heterocycles. The molecule has 0 fully saturated rings. The van der Waals surface area contributed by atoms with E-state index in [-0.39, 0.29) is 20.4 Å². The zero-order valence-electron chi connectivity index (χ0n) is 6.38. The quantitative estimate of drug-likeness (QED) is 0.675. The average Bonchev–Trinajstić information content (AvgIpc) is 2.58. The van der Waals surface area contributed by atoms with Crippen LogP contribution in [-0.4, -0.2) is 18.6 Å². The molecule has 1 aromatic rings. The van der Waals surface area contributed by atoms with E-state index in [1.54, 1.807) is 0 Å². The molecule has 64 valence electrons. The molecule has 0 aromatic heterocycles. The number of aliphatic imine (C=N–C) groups is 2. The van der Waals surface area contributed by atoms with Crippen molar-refractivity contribution in [3.8, 4) is 0 Å². The van der Waals surface area contributed by atoms with E-state index in [9.17, 15) is 0 Å². The summed E-state index contributed by atoms with van der Waals surface area (Å²) in [5.41, 5.74) is 1.10. The van der Waals surface area contributed by atoms with Gasteiger partial charge in [0.1, 0.15) is 0 Å². The molecule has 0 bridgehead atoms. The minimum Gasteiger partial charge on any atom is -0.260 e. The minimum absolute atomic E-state index is 0. The number of amidine groups is 1. The average molecular weight is 251 g/mol. The molecule has 0 unspecified atom stereocenters. The topological polar surface area (TPSA) is 24.7 Å². The summed E-state index contributed by atoms with van der Waals surface area (Å²) in [7, 11) is 0. The predicted molar refractivity (Wildman–Crippen MR) is 46.3 cm³/mol. The summed E-state index contributed by atoms with van der Waals surface area (Å²) in [6, 6.07) is 10.0. The van der Waals surface area contributed by atoms with Crippen molar-refractivity contribution in [3.63, 3.8) is 0 Å². The molecule has 0 amide bonds.